The molecule has 1 heterocycles. The number of hydrogen-bond acceptors (Lipinski definition) is 4. The number of nitrogens with zero attached hydrogens (tertiary/aromatic N) is 2. The first-order valence-corrected chi connectivity index (χ1v) is 7.08. The van der Waals surface area contributed by atoms with Gasteiger partial charge in [0, 0.05) is 17.5 Å². The zero-order valence-electron chi connectivity index (χ0n) is 11.1. The fourth-order valence-corrected chi connectivity index (χ4v) is 2.74. The lowest BCUT2D eigenvalue weighted by atomic mass is 10.2. The van der Waals surface area contributed by atoms with Gasteiger partial charge in [0.1, 0.15) is 6.54 Å². The smallest absolute Gasteiger partial charge is 0.254 e. The van der Waals surface area contributed by atoms with Crippen LogP contribution in [0.2, 0.25) is 0 Å². The number of amides is 1. The van der Waals surface area contributed by atoms with Crippen LogP contribution in [0.5, 0.6) is 0 Å². The van der Waals surface area contributed by atoms with Crippen LogP contribution < -0.4 is 11.3 Å². The summed E-state index contributed by atoms with van der Waals surface area (Å²) >= 11 is 1.41. The Kier molecular flexibility index (Phi) is 4.57. The first-order chi connectivity index (χ1) is 9.56. The van der Waals surface area contributed by atoms with Crippen molar-refractivity contribution in [2.45, 2.75) is 24.4 Å². The molecule has 0 fully saturated rings. The van der Waals surface area contributed by atoms with Crippen molar-refractivity contribution in [3.05, 3.63) is 58.0 Å². The van der Waals surface area contributed by atoms with Gasteiger partial charge in [-0.3, -0.25) is 14.2 Å². The van der Waals surface area contributed by atoms with Crippen LogP contribution in [-0.4, -0.2) is 15.5 Å². The molecule has 0 saturated carbocycles. The predicted octanol–water partition coefficient (Wildman–Crippen LogP) is 1.33. The molecule has 1 amide bonds. The molecule has 0 unspecified atom stereocenters. The predicted molar refractivity (Wildman–Crippen MR) is 78.4 cm³/mol. The van der Waals surface area contributed by atoms with Crippen LogP contribution >= 0.6 is 11.8 Å². The van der Waals surface area contributed by atoms with E-state index in [1.54, 1.807) is 6.92 Å². The highest BCUT2D eigenvalue weighted by atomic mass is 32.2. The summed E-state index contributed by atoms with van der Waals surface area (Å²) in [6, 6.07) is 11.3. The molecule has 0 saturated heterocycles. The average molecular weight is 289 g/mol. The number of primary amides is 1. The van der Waals surface area contributed by atoms with Gasteiger partial charge in [-0.25, -0.2) is 4.98 Å². The number of aromatic nitrogens is 2. The van der Waals surface area contributed by atoms with Crippen LogP contribution in [0.4, 0.5) is 0 Å². The summed E-state index contributed by atoms with van der Waals surface area (Å²) in [4.78, 5) is 27.3. The molecule has 0 aliphatic rings. The Hall–Kier alpha value is -2.08. The van der Waals surface area contributed by atoms with Crippen molar-refractivity contribution >= 4 is 17.7 Å². The minimum atomic E-state index is -0.556. The molecule has 1 aromatic heterocycles. The molecule has 20 heavy (non-hydrogen) atoms. The highest BCUT2D eigenvalue weighted by Crippen LogP contribution is 2.20. The van der Waals surface area contributed by atoms with Crippen molar-refractivity contribution < 1.29 is 4.79 Å². The first kappa shape index (κ1) is 14.3. The molecule has 2 N–H and O–H groups in total. The number of carbonyl (C=O) groups excluding carboxylic acids is 1. The lowest BCUT2D eigenvalue weighted by Crippen LogP contribution is -2.29. The maximum Gasteiger partial charge on any atom is 0.254 e. The van der Waals surface area contributed by atoms with Crippen LogP contribution in [-0.2, 0) is 17.1 Å². The van der Waals surface area contributed by atoms with Gasteiger partial charge in [-0.1, -0.05) is 42.1 Å². The van der Waals surface area contributed by atoms with Crippen molar-refractivity contribution in [2.24, 2.45) is 5.73 Å². The molecule has 0 atom stereocenters. The van der Waals surface area contributed by atoms with Gasteiger partial charge in [-0.05, 0) is 12.5 Å². The number of aryl methyl sites for hydroxylation is 1. The third kappa shape index (κ3) is 3.71. The summed E-state index contributed by atoms with van der Waals surface area (Å²) < 4.78 is 1.31. The van der Waals surface area contributed by atoms with E-state index >= 15 is 0 Å². The van der Waals surface area contributed by atoms with Crippen molar-refractivity contribution in [2.75, 3.05) is 0 Å². The van der Waals surface area contributed by atoms with E-state index in [0.29, 0.717) is 16.6 Å². The van der Waals surface area contributed by atoms with Crippen molar-refractivity contribution in [3.8, 4) is 0 Å². The molecular formula is C14H15N3O2S. The normalized spacial score (nSPS) is 10.4. The van der Waals surface area contributed by atoms with Gasteiger partial charge in [0.05, 0.1) is 0 Å². The van der Waals surface area contributed by atoms with Crippen LogP contribution in [0.25, 0.3) is 0 Å². The number of nitrogens with two attached hydrogens (primary N) is 1. The summed E-state index contributed by atoms with van der Waals surface area (Å²) in [6.07, 6.45) is 0. The molecule has 0 aliphatic carbocycles. The van der Waals surface area contributed by atoms with Crippen LogP contribution in [0, 0.1) is 6.92 Å². The second-order valence-corrected chi connectivity index (χ2v) is 5.29. The Morgan fingerprint density at radius 2 is 2.05 bits per heavy atom. The molecule has 2 rings (SSSR count). The molecule has 1 aromatic carbocycles. The highest BCUT2D eigenvalue weighted by molar-refractivity contribution is 7.98. The standard InChI is InChI=1S/C14H15N3O2S/c1-10-7-13(19)17(8-12(15)18)14(16-10)20-9-11-5-3-2-4-6-11/h2-7H,8-9H2,1H3,(H2,15,18). The Bertz CT molecular complexity index is 668. The zero-order valence-corrected chi connectivity index (χ0v) is 11.9. The molecule has 0 radical (unpaired) electrons. The fraction of sp³-hybridized carbons (Fsp3) is 0.214. The number of thioether (sulfide) groups is 1. The molecule has 5 nitrogen and oxygen atoms in total. The van der Waals surface area contributed by atoms with Gasteiger partial charge >= 0.3 is 0 Å². The van der Waals surface area contributed by atoms with E-state index in [9.17, 15) is 9.59 Å². The van der Waals surface area contributed by atoms with Gasteiger partial charge in [-0.2, -0.15) is 0 Å². The van der Waals surface area contributed by atoms with Gasteiger partial charge in [-0.15, -0.1) is 0 Å². The number of rotatable bonds is 5. The summed E-state index contributed by atoms with van der Waals surface area (Å²) in [6.45, 7) is 1.60. The number of carbonyl (C=O) groups is 1. The van der Waals surface area contributed by atoms with E-state index in [2.05, 4.69) is 4.98 Å². The van der Waals surface area contributed by atoms with Crippen molar-refractivity contribution in [3.63, 3.8) is 0 Å². The zero-order chi connectivity index (χ0) is 14.5. The topological polar surface area (TPSA) is 78.0 Å². The molecular weight excluding hydrogens is 274 g/mol. The number of benzene rings is 1. The minimum Gasteiger partial charge on any atom is -0.368 e. The quantitative estimate of drug-likeness (QED) is 0.665. The SMILES string of the molecule is Cc1cc(=O)n(CC(N)=O)c(SCc2ccccc2)n1. The lowest BCUT2D eigenvalue weighted by Gasteiger charge is -2.10. The average Bonchev–Trinajstić information content (AvgIpc) is 2.40. The van der Waals surface area contributed by atoms with Gasteiger partial charge in [0.25, 0.3) is 5.56 Å². The Labute approximate surface area is 120 Å². The van der Waals surface area contributed by atoms with Gasteiger partial charge in [0.15, 0.2) is 5.16 Å². The van der Waals surface area contributed by atoms with Crippen LogP contribution in [0.15, 0.2) is 46.3 Å². The van der Waals surface area contributed by atoms with E-state index in [4.69, 9.17) is 5.73 Å². The van der Waals surface area contributed by atoms with Crippen molar-refractivity contribution in [1.29, 1.82) is 0 Å². The van der Waals surface area contributed by atoms with Crippen molar-refractivity contribution in [1.82, 2.24) is 9.55 Å². The van der Waals surface area contributed by atoms with E-state index in [1.165, 1.54) is 22.4 Å². The third-order valence-electron chi connectivity index (χ3n) is 2.63. The van der Waals surface area contributed by atoms with Crippen LogP contribution in [0.3, 0.4) is 0 Å². The third-order valence-corrected chi connectivity index (χ3v) is 3.67. The highest BCUT2D eigenvalue weighted by Gasteiger charge is 2.10. The first-order valence-electron chi connectivity index (χ1n) is 6.10. The van der Waals surface area contributed by atoms with Crippen LogP contribution in [0.1, 0.15) is 11.3 Å². The molecule has 104 valence electrons. The van der Waals surface area contributed by atoms with E-state index in [0.717, 1.165) is 5.56 Å². The van der Waals surface area contributed by atoms with E-state index in [-0.39, 0.29) is 12.1 Å². The fourth-order valence-electron chi connectivity index (χ4n) is 1.73. The summed E-state index contributed by atoms with van der Waals surface area (Å²) in [7, 11) is 0. The maximum absolute atomic E-state index is 11.9. The molecule has 2 aromatic rings. The van der Waals surface area contributed by atoms with E-state index < -0.39 is 5.91 Å². The molecule has 0 bridgehead atoms. The number of hydrogen-bond donors (Lipinski definition) is 1. The summed E-state index contributed by atoms with van der Waals surface area (Å²) in [5, 5.41) is 0.512. The Morgan fingerprint density at radius 3 is 2.70 bits per heavy atom. The van der Waals surface area contributed by atoms with Gasteiger partial charge < -0.3 is 5.73 Å². The molecule has 6 heteroatoms. The summed E-state index contributed by atoms with van der Waals surface area (Å²) in [5.41, 5.74) is 6.67. The molecule has 0 spiro atoms. The van der Waals surface area contributed by atoms with Gasteiger partial charge in [0.2, 0.25) is 5.91 Å². The Balaban J connectivity index is 2.25. The largest absolute Gasteiger partial charge is 0.368 e. The van der Waals surface area contributed by atoms with E-state index in [1.807, 2.05) is 30.3 Å². The second-order valence-electron chi connectivity index (χ2n) is 4.35. The Morgan fingerprint density at radius 1 is 1.35 bits per heavy atom. The second kappa shape index (κ2) is 6.38. The minimum absolute atomic E-state index is 0.150. The monoisotopic (exact) mass is 289 g/mol. The molecule has 0 aliphatic heterocycles. The summed E-state index contributed by atoms with van der Waals surface area (Å²) in [5.74, 6) is 0.120. The lowest BCUT2D eigenvalue weighted by molar-refractivity contribution is -0.118. The maximum atomic E-state index is 11.9.